The highest BCUT2D eigenvalue weighted by atomic mass is 16.5. The van der Waals surface area contributed by atoms with Crippen molar-refractivity contribution < 1.29 is 19.4 Å². The molecule has 5 heteroatoms. The minimum Gasteiger partial charge on any atom is -0.469 e. The third-order valence-electron chi connectivity index (χ3n) is 2.12. The number of rotatable bonds is 3. The maximum Gasteiger partial charge on any atom is 0.310 e. The van der Waals surface area contributed by atoms with E-state index < -0.39 is 0 Å². The second kappa shape index (κ2) is 4.23. The van der Waals surface area contributed by atoms with E-state index >= 15 is 0 Å². The number of amides is 1. The van der Waals surface area contributed by atoms with Crippen molar-refractivity contribution in [3.8, 4) is 0 Å². The quantitative estimate of drug-likeness (QED) is 0.575. The number of esters is 1. The number of likely N-dealkylation sites (tertiary alicyclic amines) is 1. The molecule has 1 atom stereocenters. The molecular weight excluding hydrogens is 174 g/mol. The van der Waals surface area contributed by atoms with Gasteiger partial charge in [-0.1, -0.05) is 0 Å². The van der Waals surface area contributed by atoms with Gasteiger partial charge in [0.05, 0.1) is 19.6 Å². The van der Waals surface area contributed by atoms with Crippen LogP contribution in [0.2, 0.25) is 0 Å². The smallest absolute Gasteiger partial charge is 0.310 e. The molecule has 0 unspecified atom stereocenters. The number of nitrogens with zero attached hydrogens (tertiary/aromatic N) is 1. The maximum atomic E-state index is 11.2. The molecule has 0 bridgehead atoms. The summed E-state index contributed by atoms with van der Waals surface area (Å²) < 4.78 is 4.53. The van der Waals surface area contributed by atoms with Gasteiger partial charge in [0.15, 0.2) is 0 Å². The predicted octanol–water partition coefficient (Wildman–Crippen LogP) is -1.000. The van der Waals surface area contributed by atoms with E-state index in [1.165, 1.54) is 12.0 Å². The third-order valence-corrected chi connectivity index (χ3v) is 2.12. The Kier molecular flexibility index (Phi) is 3.25. The Morgan fingerprint density at radius 2 is 2.46 bits per heavy atom. The lowest BCUT2D eigenvalue weighted by Crippen LogP contribution is -2.29. The third kappa shape index (κ3) is 2.18. The fourth-order valence-electron chi connectivity index (χ4n) is 1.43. The van der Waals surface area contributed by atoms with Gasteiger partial charge in [-0.05, 0) is 0 Å². The zero-order chi connectivity index (χ0) is 9.84. The minimum absolute atomic E-state index is 0.0698. The number of carbonyl (C=O) groups excluding carboxylic acids is 2. The maximum absolute atomic E-state index is 11.2. The highest BCUT2D eigenvalue weighted by Gasteiger charge is 2.34. The Morgan fingerprint density at radius 3 is 3.00 bits per heavy atom. The molecular formula is C8H13NO4. The van der Waals surface area contributed by atoms with Crippen molar-refractivity contribution in [2.24, 2.45) is 5.92 Å². The van der Waals surface area contributed by atoms with E-state index in [0.717, 1.165) is 0 Å². The highest BCUT2D eigenvalue weighted by Crippen LogP contribution is 2.18. The van der Waals surface area contributed by atoms with E-state index in [1.54, 1.807) is 0 Å². The summed E-state index contributed by atoms with van der Waals surface area (Å²) in [5.74, 6) is -0.803. The first-order chi connectivity index (χ1) is 6.19. The summed E-state index contributed by atoms with van der Waals surface area (Å²) in [6, 6.07) is 0. The van der Waals surface area contributed by atoms with Gasteiger partial charge in [0.25, 0.3) is 0 Å². The van der Waals surface area contributed by atoms with E-state index in [0.29, 0.717) is 13.1 Å². The molecule has 1 amide bonds. The standard InChI is InChI=1S/C8H13NO4/c1-13-8(12)6-4-7(11)9(5-6)2-3-10/h6,10H,2-5H2,1H3/t6-/m1/s1. The van der Waals surface area contributed by atoms with Crippen LogP contribution in [-0.2, 0) is 14.3 Å². The number of hydrogen-bond donors (Lipinski definition) is 1. The highest BCUT2D eigenvalue weighted by molar-refractivity contribution is 5.86. The molecule has 0 aromatic heterocycles. The summed E-state index contributed by atoms with van der Waals surface area (Å²) in [7, 11) is 1.31. The van der Waals surface area contributed by atoms with Crippen LogP contribution in [0.1, 0.15) is 6.42 Å². The largest absolute Gasteiger partial charge is 0.469 e. The number of carbonyl (C=O) groups is 2. The van der Waals surface area contributed by atoms with E-state index in [4.69, 9.17) is 5.11 Å². The van der Waals surface area contributed by atoms with Gasteiger partial charge < -0.3 is 14.7 Å². The van der Waals surface area contributed by atoms with E-state index in [-0.39, 0.29) is 30.8 Å². The van der Waals surface area contributed by atoms with E-state index in [1.807, 2.05) is 0 Å². The molecule has 1 aliphatic heterocycles. The van der Waals surface area contributed by atoms with Crippen molar-refractivity contribution in [1.29, 1.82) is 0 Å². The van der Waals surface area contributed by atoms with Crippen molar-refractivity contribution in [3.05, 3.63) is 0 Å². The summed E-state index contributed by atoms with van der Waals surface area (Å²) in [6.07, 6.45) is 0.201. The van der Waals surface area contributed by atoms with Crippen molar-refractivity contribution in [2.45, 2.75) is 6.42 Å². The zero-order valence-corrected chi connectivity index (χ0v) is 7.52. The van der Waals surface area contributed by atoms with Gasteiger partial charge in [0.2, 0.25) is 5.91 Å². The van der Waals surface area contributed by atoms with Crippen LogP contribution in [0.25, 0.3) is 0 Å². The Labute approximate surface area is 76.3 Å². The second-order valence-corrected chi connectivity index (χ2v) is 2.99. The van der Waals surface area contributed by atoms with E-state index in [9.17, 15) is 9.59 Å². The number of methoxy groups -OCH3 is 1. The van der Waals surface area contributed by atoms with Gasteiger partial charge >= 0.3 is 5.97 Å². The molecule has 0 aromatic rings. The molecule has 1 fully saturated rings. The predicted molar refractivity (Wildman–Crippen MR) is 43.8 cm³/mol. The molecule has 1 rings (SSSR count). The first kappa shape index (κ1) is 9.98. The Bertz CT molecular complexity index is 216. The molecule has 0 aromatic carbocycles. The Morgan fingerprint density at radius 1 is 1.77 bits per heavy atom. The lowest BCUT2D eigenvalue weighted by molar-refractivity contribution is -0.145. The number of ether oxygens (including phenoxy) is 1. The van der Waals surface area contributed by atoms with Crippen molar-refractivity contribution >= 4 is 11.9 Å². The molecule has 13 heavy (non-hydrogen) atoms. The molecule has 0 spiro atoms. The van der Waals surface area contributed by atoms with Gasteiger partial charge in [-0.2, -0.15) is 0 Å². The summed E-state index contributed by atoms with van der Waals surface area (Å²) >= 11 is 0. The Balaban J connectivity index is 2.49. The first-order valence-corrected chi connectivity index (χ1v) is 4.15. The van der Waals surface area contributed by atoms with Gasteiger partial charge in [-0.3, -0.25) is 9.59 Å². The molecule has 1 saturated heterocycles. The topological polar surface area (TPSA) is 66.8 Å². The van der Waals surface area contributed by atoms with Crippen molar-refractivity contribution in [1.82, 2.24) is 4.90 Å². The number of β-amino-alcohol motifs (C(OH)–C–C–N with tert-alkyl or cyclic N) is 1. The lowest BCUT2D eigenvalue weighted by atomic mass is 10.1. The van der Waals surface area contributed by atoms with Crippen LogP contribution in [0.15, 0.2) is 0 Å². The molecule has 0 radical (unpaired) electrons. The molecule has 0 aliphatic carbocycles. The first-order valence-electron chi connectivity index (χ1n) is 4.15. The summed E-state index contributed by atoms with van der Waals surface area (Å²) in [6.45, 7) is 0.595. The van der Waals surface area contributed by atoms with Gasteiger partial charge in [0.1, 0.15) is 0 Å². The fourth-order valence-corrected chi connectivity index (χ4v) is 1.43. The average molecular weight is 187 g/mol. The van der Waals surface area contributed by atoms with Crippen molar-refractivity contribution in [2.75, 3.05) is 26.8 Å². The summed E-state index contributed by atoms with van der Waals surface area (Å²) in [5, 5.41) is 8.62. The van der Waals surface area contributed by atoms with Gasteiger partial charge in [0, 0.05) is 19.5 Å². The van der Waals surface area contributed by atoms with Crippen LogP contribution >= 0.6 is 0 Å². The van der Waals surface area contributed by atoms with Crippen LogP contribution in [0, 0.1) is 5.92 Å². The molecule has 0 saturated carbocycles. The molecule has 74 valence electrons. The van der Waals surface area contributed by atoms with Crippen LogP contribution in [0.3, 0.4) is 0 Å². The summed E-state index contributed by atoms with van der Waals surface area (Å²) in [4.78, 5) is 23.7. The number of aliphatic hydroxyl groups is 1. The van der Waals surface area contributed by atoms with Crippen LogP contribution in [0.4, 0.5) is 0 Å². The fraction of sp³-hybridized carbons (Fsp3) is 0.750. The molecule has 1 N–H and O–H groups in total. The molecule has 1 heterocycles. The van der Waals surface area contributed by atoms with Gasteiger partial charge in [-0.25, -0.2) is 0 Å². The number of hydrogen-bond acceptors (Lipinski definition) is 4. The molecule has 5 nitrogen and oxygen atoms in total. The molecule has 1 aliphatic rings. The normalized spacial score (nSPS) is 22.2. The SMILES string of the molecule is COC(=O)[C@@H]1CC(=O)N(CCO)C1. The van der Waals surface area contributed by atoms with E-state index in [2.05, 4.69) is 4.74 Å². The average Bonchev–Trinajstić information content (AvgIpc) is 2.47. The second-order valence-electron chi connectivity index (χ2n) is 2.99. The van der Waals surface area contributed by atoms with Gasteiger partial charge in [-0.15, -0.1) is 0 Å². The summed E-state index contributed by atoms with van der Waals surface area (Å²) in [5.41, 5.74) is 0. The zero-order valence-electron chi connectivity index (χ0n) is 7.52. The van der Waals surface area contributed by atoms with Crippen LogP contribution in [-0.4, -0.2) is 48.7 Å². The monoisotopic (exact) mass is 187 g/mol. The Hall–Kier alpha value is -1.10. The van der Waals surface area contributed by atoms with Crippen LogP contribution in [0.5, 0.6) is 0 Å². The van der Waals surface area contributed by atoms with Crippen LogP contribution < -0.4 is 0 Å². The lowest BCUT2D eigenvalue weighted by Gasteiger charge is -2.13. The van der Waals surface area contributed by atoms with Crippen molar-refractivity contribution in [3.63, 3.8) is 0 Å². The minimum atomic E-state index is -0.357. The number of aliphatic hydroxyl groups excluding tert-OH is 1.